The summed E-state index contributed by atoms with van der Waals surface area (Å²) in [6, 6.07) is 3.90. The number of piperazine rings is 1. The van der Waals surface area contributed by atoms with E-state index in [1.165, 1.54) is 32.8 Å². The Kier molecular flexibility index (Phi) is 8.88. The van der Waals surface area contributed by atoms with E-state index in [2.05, 4.69) is 53.8 Å². The predicted molar refractivity (Wildman–Crippen MR) is 159 cm³/mol. The van der Waals surface area contributed by atoms with Crippen molar-refractivity contribution in [2.75, 3.05) is 43.5 Å². The predicted octanol–water partition coefficient (Wildman–Crippen LogP) is 6.11. The van der Waals surface area contributed by atoms with Gasteiger partial charge in [-0.05, 0) is 86.0 Å². The number of carbonyl (C=O) groups excluding carboxylic acids is 2. The zero-order valence-electron chi connectivity index (χ0n) is 24.4. The van der Waals surface area contributed by atoms with Gasteiger partial charge in [0.25, 0.3) is 5.91 Å². The maximum Gasteiger partial charge on any atom is 0.340 e. The number of amides is 1. The molecule has 9 heteroatoms. The number of aryl methyl sites for hydroxylation is 1. The first kappa shape index (κ1) is 29.3. The molecule has 212 valence electrons. The lowest BCUT2D eigenvalue weighted by Crippen LogP contribution is -2.61. The maximum absolute atomic E-state index is 13.8. The Morgan fingerprint density at radius 3 is 2.46 bits per heavy atom. The number of pyridine rings is 2. The van der Waals surface area contributed by atoms with Crippen molar-refractivity contribution in [3.63, 3.8) is 0 Å². The molecule has 2 aromatic heterocycles. The minimum absolute atomic E-state index is 0.0516. The fourth-order valence-corrected chi connectivity index (χ4v) is 6.47. The first-order valence-corrected chi connectivity index (χ1v) is 14.8. The number of esters is 1. The molecule has 0 atom stereocenters. The summed E-state index contributed by atoms with van der Waals surface area (Å²) in [4.78, 5) is 39.8. The van der Waals surface area contributed by atoms with Crippen molar-refractivity contribution in [3.05, 3.63) is 44.8 Å². The molecule has 2 fully saturated rings. The van der Waals surface area contributed by atoms with E-state index in [1.807, 2.05) is 30.9 Å². The number of anilines is 2. The molecule has 1 aliphatic heterocycles. The van der Waals surface area contributed by atoms with Gasteiger partial charge < -0.3 is 19.9 Å². The van der Waals surface area contributed by atoms with Crippen LogP contribution in [-0.4, -0.2) is 65.6 Å². The molecule has 2 aliphatic rings. The van der Waals surface area contributed by atoms with Crippen LogP contribution in [0.1, 0.15) is 97.1 Å². The largest absolute Gasteiger partial charge is 0.465 e. The highest BCUT2D eigenvalue weighted by Gasteiger charge is 2.39. The summed E-state index contributed by atoms with van der Waals surface area (Å²) < 4.78 is 5.72. The second kappa shape index (κ2) is 11.8. The third-order valence-corrected chi connectivity index (χ3v) is 9.07. The smallest absolute Gasteiger partial charge is 0.340 e. The number of aromatic nitrogens is 2. The molecule has 1 saturated heterocycles. The van der Waals surface area contributed by atoms with Crippen LogP contribution in [0.2, 0.25) is 0 Å². The molecule has 0 radical (unpaired) electrons. The molecule has 0 unspecified atom stereocenters. The van der Waals surface area contributed by atoms with Gasteiger partial charge in [-0.15, -0.1) is 0 Å². The molecule has 0 spiro atoms. The fraction of sp³-hybridized carbons (Fsp3) is 0.600. The standard InChI is InChI=1S/C30H42BrN5O3/c1-18(2)26-22(32-16-21-10-8-9-11-21)12-13-23(34-26)28(37)36-15-14-35(17-30(36,5)6)27-25(31)19(3)24(20(4)33-27)29(38)39-7/h12-13,18,21,32H,8-11,14-17H2,1-7H3. The number of nitrogens with one attached hydrogen (secondary N) is 1. The van der Waals surface area contributed by atoms with Crippen LogP contribution in [0.15, 0.2) is 16.6 Å². The first-order chi connectivity index (χ1) is 18.4. The van der Waals surface area contributed by atoms with Crippen LogP contribution in [0.25, 0.3) is 0 Å². The van der Waals surface area contributed by atoms with E-state index in [-0.39, 0.29) is 11.8 Å². The van der Waals surface area contributed by atoms with Crippen LogP contribution >= 0.6 is 15.9 Å². The Morgan fingerprint density at radius 2 is 1.85 bits per heavy atom. The molecule has 2 aromatic rings. The van der Waals surface area contributed by atoms with Crippen LogP contribution in [0.5, 0.6) is 0 Å². The average molecular weight is 601 g/mol. The monoisotopic (exact) mass is 599 g/mol. The molecule has 0 aromatic carbocycles. The Hall–Kier alpha value is -2.68. The highest BCUT2D eigenvalue weighted by atomic mass is 79.9. The van der Waals surface area contributed by atoms with Gasteiger partial charge in [-0.1, -0.05) is 26.7 Å². The maximum atomic E-state index is 13.8. The lowest BCUT2D eigenvalue weighted by atomic mass is 9.97. The first-order valence-electron chi connectivity index (χ1n) is 14.0. The Bertz CT molecular complexity index is 1240. The zero-order valence-corrected chi connectivity index (χ0v) is 25.9. The molecule has 8 nitrogen and oxygen atoms in total. The molecular weight excluding hydrogens is 558 g/mol. The molecule has 1 aliphatic carbocycles. The van der Waals surface area contributed by atoms with Gasteiger partial charge >= 0.3 is 5.97 Å². The van der Waals surface area contributed by atoms with Crippen LogP contribution in [0.4, 0.5) is 11.5 Å². The van der Waals surface area contributed by atoms with E-state index in [9.17, 15) is 9.59 Å². The Labute approximate surface area is 241 Å². The van der Waals surface area contributed by atoms with Crippen LogP contribution in [-0.2, 0) is 4.74 Å². The molecule has 1 saturated carbocycles. The second-order valence-electron chi connectivity index (χ2n) is 11.8. The minimum Gasteiger partial charge on any atom is -0.465 e. The van der Waals surface area contributed by atoms with Gasteiger partial charge in [-0.2, -0.15) is 0 Å². The van der Waals surface area contributed by atoms with E-state index in [0.29, 0.717) is 36.6 Å². The van der Waals surface area contributed by atoms with E-state index in [1.54, 1.807) is 0 Å². The van der Waals surface area contributed by atoms with Gasteiger partial charge in [0.2, 0.25) is 0 Å². The summed E-state index contributed by atoms with van der Waals surface area (Å²) in [6.07, 6.45) is 5.22. The van der Waals surface area contributed by atoms with Gasteiger partial charge in [-0.25, -0.2) is 14.8 Å². The van der Waals surface area contributed by atoms with Crippen LogP contribution in [0.3, 0.4) is 0 Å². The van der Waals surface area contributed by atoms with Crippen molar-refractivity contribution < 1.29 is 14.3 Å². The third-order valence-electron chi connectivity index (χ3n) is 8.12. The fourth-order valence-electron chi connectivity index (χ4n) is 5.93. The van der Waals surface area contributed by atoms with Gasteiger partial charge in [0.15, 0.2) is 0 Å². The average Bonchev–Trinajstić information content (AvgIpc) is 3.42. The van der Waals surface area contributed by atoms with Crippen molar-refractivity contribution >= 4 is 39.3 Å². The number of methoxy groups -OCH3 is 1. The number of carbonyl (C=O) groups is 2. The quantitative estimate of drug-likeness (QED) is 0.384. The van der Waals surface area contributed by atoms with Gasteiger partial charge in [-0.3, -0.25) is 4.79 Å². The van der Waals surface area contributed by atoms with Crippen molar-refractivity contribution in [1.29, 1.82) is 0 Å². The Morgan fingerprint density at radius 1 is 1.15 bits per heavy atom. The lowest BCUT2D eigenvalue weighted by molar-refractivity contribution is 0.0505. The van der Waals surface area contributed by atoms with Crippen molar-refractivity contribution in [2.45, 2.75) is 78.7 Å². The van der Waals surface area contributed by atoms with E-state index in [4.69, 9.17) is 14.7 Å². The van der Waals surface area contributed by atoms with E-state index < -0.39 is 11.5 Å². The molecule has 39 heavy (non-hydrogen) atoms. The molecule has 1 N–H and O–H groups in total. The van der Waals surface area contributed by atoms with Crippen molar-refractivity contribution in [1.82, 2.24) is 14.9 Å². The van der Waals surface area contributed by atoms with Crippen molar-refractivity contribution in [3.8, 4) is 0 Å². The zero-order chi connectivity index (χ0) is 28.5. The number of ether oxygens (including phenoxy) is 1. The van der Waals surface area contributed by atoms with E-state index >= 15 is 0 Å². The van der Waals surface area contributed by atoms with Crippen molar-refractivity contribution in [2.24, 2.45) is 5.92 Å². The molecular formula is C30H42BrN5O3. The third kappa shape index (κ3) is 6.08. The summed E-state index contributed by atoms with van der Waals surface area (Å²) >= 11 is 3.67. The molecule has 3 heterocycles. The number of rotatable bonds is 7. The minimum atomic E-state index is -0.460. The van der Waals surface area contributed by atoms with Gasteiger partial charge in [0.05, 0.1) is 39.8 Å². The van der Waals surface area contributed by atoms with Gasteiger partial charge in [0, 0.05) is 26.2 Å². The summed E-state index contributed by atoms with van der Waals surface area (Å²) in [5.41, 5.74) is 3.91. The Balaban J connectivity index is 1.53. The topological polar surface area (TPSA) is 87.7 Å². The highest BCUT2D eigenvalue weighted by Crippen LogP contribution is 2.35. The lowest BCUT2D eigenvalue weighted by Gasteiger charge is -2.47. The molecule has 4 rings (SSSR count). The summed E-state index contributed by atoms with van der Waals surface area (Å²) in [6.45, 7) is 14.8. The number of nitrogens with zero attached hydrogens (tertiary/aromatic N) is 4. The summed E-state index contributed by atoms with van der Waals surface area (Å²) in [7, 11) is 1.38. The summed E-state index contributed by atoms with van der Waals surface area (Å²) in [5.74, 6) is 1.26. The van der Waals surface area contributed by atoms with Crippen LogP contribution < -0.4 is 10.2 Å². The highest BCUT2D eigenvalue weighted by molar-refractivity contribution is 9.10. The number of halogens is 1. The van der Waals surface area contributed by atoms with Crippen LogP contribution in [0, 0.1) is 19.8 Å². The number of hydrogen-bond acceptors (Lipinski definition) is 7. The summed E-state index contributed by atoms with van der Waals surface area (Å²) in [5, 5.41) is 3.62. The molecule has 0 bridgehead atoms. The SMILES string of the molecule is COC(=O)c1c(C)nc(N2CCN(C(=O)c3ccc(NCC4CCCC4)c(C(C)C)n3)C(C)(C)C2)c(Br)c1C. The number of hydrogen-bond donors (Lipinski definition) is 1. The van der Waals surface area contributed by atoms with Gasteiger partial charge in [0.1, 0.15) is 11.5 Å². The molecule has 1 amide bonds. The second-order valence-corrected chi connectivity index (χ2v) is 12.6. The normalized spacial score (nSPS) is 17.6. The van der Waals surface area contributed by atoms with E-state index in [0.717, 1.165) is 39.7 Å².